The maximum atomic E-state index is 12.8. The monoisotopic (exact) mass is 359 g/mol. The predicted octanol–water partition coefficient (Wildman–Crippen LogP) is 3.54. The van der Waals surface area contributed by atoms with Crippen LogP contribution in [0.2, 0.25) is 0 Å². The first-order valence-corrected chi connectivity index (χ1v) is 10.3. The average Bonchev–Trinajstić information content (AvgIpc) is 2.75. The molecule has 0 N–H and O–H groups in total. The minimum absolute atomic E-state index is 0.0454. The van der Waals surface area contributed by atoms with Gasteiger partial charge < -0.3 is 4.74 Å². The lowest BCUT2D eigenvalue weighted by atomic mass is 9.98. The molecule has 4 nitrogen and oxygen atoms in total. The highest BCUT2D eigenvalue weighted by Gasteiger charge is 2.34. The first-order chi connectivity index (χ1) is 12.0. The molecule has 134 valence electrons. The molecule has 0 aliphatic carbocycles. The van der Waals surface area contributed by atoms with Gasteiger partial charge in [-0.05, 0) is 22.6 Å². The van der Waals surface area contributed by atoms with Crippen molar-refractivity contribution >= 4 is 10.0 Å². The third kappa shape index (κ3) is 4.11. The normalized spacial score (nSPS) is 21.2. The molecule has 0 spiro atoms. The smallest absolute Gasteiger partial charge is 0.217 e. The number of ether oxygens (including phenoxy) is 1. The Morgan fingerprint density at radius 3 is 2.48 bits per heavy atom. The molecule has 1 fully saturated rings. The van der Waals surface area contributed by atoms with Crippen LogP contribution in [0.25, 0.3) is 11.1 Å². The van der Waals surface area contributed by atoms with E-state index in [1.165, 1.54) is 0 Å². The third-order valence-electron chi connectivity index (χ3n) is 4.70. The summed E-state index contributed by atoms with van der Waals surface area (Å²) in [4.78, 5) is 0. The van der Waals surface area contributed by atoms with Crippen LogP contribution in [0.5, 0.6) is 0 Å². The first kappa shape index (κ1) is 18.1. The van der Waals surface area contributed by atoms with Crippen LogP contribution in [-0.2, 0) is 21.3 Å². The van der Waals surface area contributed by atoms with Gasteiger partial charge in [0, 0.05) is 6.54 Å². The van der Waals surface area contributed by atoms with E-state index < -0.39 is 10.0 Å². The van der Waals surface area contributed by atoms with Gasteiger partial charge in [-0.3, -0.25) is 0 Å². The van der Waals surface area contributed by atoms with E-state index in [9.17, 15) is 8.42 Å². The lowest BCUT2D eigenvalue weighted by molar-refractivity contribution is 0.0902. The highest BCUT2D eigenvalue weighted by molar-refractivity contribution is 7.89. The molecule has 0 amide bonds. The molecule has 0 bridgehead atoms. The van der Waals surface area contributed by atoms with Crippen molar-refractivity contribution < 1.29 is 13.2 Å². The second-order valence-electron chi connectivity index (χ2n) is 6.77. The van der Waals surface area contributed by atoms with Crippen molar-refractivity contribution in [1.82, 2.24) is 4.31 Å². The van der Waals surface area contributed by atoms with E-state index >= 15 is 0 Å². The maximum absolute atomic E-state index is 12.8. The highest BCUT2D eigenvalue weighted by atomic mass is 32.2. The number of sulfonamides is 1. The molecular formula is C20H25NO3S. The van der Waals surface area contributed by atoms with E-state index in [1.54, 1.807) is 4.31 Å². The van der Waals surface area contributed by atoms with Gasteiger partial charge in [-0.15, -0.1) is 0 Å². The predicted molar refractivity (Wildman–Crippen MR) is 101 cm³/mol. The lowest BCUT2D eigenvalue weighted by Gasteiger charge is -2.31. The average molecular weight is 359 g/mol. The van der Waals surface area contributed by atoms with Gasteiger partial charge in [-0.2, -0.15) is 4.31 Å². The van der Waals surface area contributed by atoms with Gasteiger partial charge in [0.1, 0.15) is 0 Å². The second-order valence-corrected chi connectivity index (χ2v) is 8.81. The number of rotatable bonds is 4. The summed E-state index contributed by atoms with van der Waals surface area (Å²) in [5, 5.41) is 0. The summed E-state index contributed by atoms with van der Waals surface area (Å²) in [5.41, 5.74) is 3.19. The van der Waals surface area contributed by atoms with E-state index in [0.29, 0.717) is 13.2 Å². The first-order valence-electron chi connectivity index (χ1n) is 8.69. The van der Waals surface area contributed by atoms with Crippen molar-refractivity contribution in [3.05, 3.63) is 60.2 Å². The van der Waals surface area contributed by atoms with Crippen LogP contribution in [0.3, 0.4) is 0 Å². The van der Waals surface area contributed by atoms with Crippen LogP contribution >= 0.6 is 0 Å². The van der Waals surface area contributed by atoms with Crippen LogP contribution < -0.4 is 0 Å². The number of nitrogens with zero attached hydrogens (tertiary/aromatic N) is 1. The molecule has 0 saturated carbocycles. The van der Waals surface area contributed by atoms with Crippen molar-refractivity contribution in [1.29, 1.82) is 0 Å². The Morgan fingerprint density at radius 2 is 1.76 bits per heavy atom. The third-order valence-corrected chi connectivity index (χ3v) is 6.50. The molecule has 1 atom stereocenters. The molecule has 5 heteroatoms. The van der Waals surface area contributed by atoms with Gasteiger partial charge in [0.05, 0.1) is 25.0 Å². The van der Waals surface area contributed by atoms with Crippen LogP contribution in [0.15, 0.2) is 54.6 Å². The summed E-state index contributed by atoms with van der Waals surface area (Å²) in [6.07, 6.45) is 0. The minimum Gasteiger partial charge on any atom is -0.379 e. The second kappa shape index (κ2) is 7.68. The zero-order valence-electron chi connectivity index (χ0n) is 14.8. The molecule has 1 heterocycles. The van der Waals surface area contributed by atoms with Crippen molar-refractivity contribution in [2.75, 3.05) is 19.0 Å². The summed E-state index contributed by atoms with van der Waals surface area (Å²) in [6.45, 7) is 5.18. The molecule has 2 aromatic rings. The van der Waals surface area contributed by atoms with Crippen molar-refractivity contribution in [2.24, 2.45) is 5.92 Å². The van der Waals surface area contributed by atoms with Crippen molar-refractivity contribution in [2.45, 2.75) is 26.4 Å². The maximum Gasteiger partial charge on any atom is 0.217 e. The van der Waals surface area contributed by atoms with Crippen molar-refractivity contribution in [3.63, 3.8) is 0 Å². The number of hydrogen-bond donors (Lipinski definition) is 0. The fraction of sp³-hybridized carbons (Fsp3) is 0.400. The zero-order chi connectivity index (χ0) is 17.9. The van der Waals surface area contributed by atoms with Gasteiger partial charge in [-0.1, -0.05) is 68.4 Å². The molecule has 0 unspecified atom stereocenters. The Kier molecular flexibility index (Phi) is 5.57. The van der Waals surface area contributed by atoms with E-state index in [1.807, 2.05) is 50.2 Å². The van der Waals surface area contributed by atoms with Gasteiger partial charge in [0.25, 0.3) is 0 Å². The van der Waals surface area contributed by atoms with E-state index in [0.717, 1.165) is 16.7 Å². The standard InChI is InChI=1S/C20H25NO3S/c1-16(2)20-15-24-12-13-25(22,23)21(20)14-18-10-6-7-11-19(18)17-8-4-3-5-9-17/h3-11,16,20H,12-15H2,1-2H3/t20-/m1/s1. The van der Waals surface area contributed by atoms with E-state index in [4.69, 9.17) is 4.74 Å². The quantitative estimate of drug-likeness (QED) is 0.839. The van der Waals surface area contributed by atoms with E-state index in [-0.39, 0.29) is 24.3 Å². The summed E-state index contributed by atoms with van der Waals surface area (Å²) in [5.74, 6) is 0.237. The highest BCUT2D eigenvalue weighted by Crippen LogP contribution is 2.28. The Labute approximate surface area is 150 Å². The zero-order valence-corrected chi connectivity index (χ0v) is 15.6. The fourth-order valence-electron chi connectivity index (χ4n) is 3.24. The van der Waals surface area contributed by atoms with Crippen LogP contribution in [0, 0.1) is 5.92 Å². The Balaban J connectivity index is 2.00. The molecular weight excluding hydrogens is 334 g/mol. The van der Waals surface area contributed by atoms with Crippen LogP contribution in [0.4, 0.5) is 0 Å². The summed E-state index contributed by atoms with van der Waals surface area (Å²) in [6, 6.07) is 18.0. The molecule has 0 radical (unpaired) electrons. The van der Waals surface area contributed by atoms with E-state index in [2.05, 4.69) is 18.2 Å². The molecule has 2 aromatic carbocycles. The molecule has 1 saturated heterocycles. The Morgan fingerprint density at radius 1 is 1.08 bits per heavy atom. The van der Waals surface area contributed by atoms with Gasteiger partial charge >= 0.3 is 0 Å². The largest absolute Gasteiger partial charge is 0.379 e. The van der Waals surface area contributed by atoms with Gasteiger partial charge in [0.15, 0.2) is 0 Å². The topological polar surface area (TPSA) is 46.6 Å². The van der Waals surface area contributed by atoms with Gasteiger partial charge in [-0.25, -0.2) is 8.42 Å². The number of hydrogen-bond acceptors (Lipinski definition) is 3. The molecule has 1 aliphatic rings. The molecule has 3 rings (SSSR count). The van der Waals surface area contributed by atoms with Crippen LogP contribution in [-0.4, -0.2) is 37.7 Å². The summed E-state index contributed by atoms with van der Waals surface area (Å²) < 4.78 is 32.8. The SMILES string of the molecule is CC(C)[C@H]1COCCS(=O)(=O)N1Cc1ccccc1-c1ccccc1. The molecule has 1 aliphatic heterocycles. The number of benzene rings is 2. The van der Waals surface area contributed by atoms with Gasteiger partial charge in [0.2, 0.25) is 10.0 Å². The Hall–Kier alpha value is -1.69. The molecule has 25 heavy (non-hydrogen) atoms. The van der Waals surface area contributed by atoms with Crippen molar-refractivity contribution in [3.8, 4) is 11.1 Å². The molecule has 0 aromatic heterocycles. The van der Waals surface area contributed by atoms with Crippen LogP contribution in [0.1, 0.15) is 19.4 Å². The fourth-order valence-corrected chi connectivity index (χ4v) is 4.86. The minimum atomic E-state index is -3.34. The summed E-state index contributed by atoms with van der Waals surface area (Å²) >= 11 is 0. The lowest BCUT2D eigenvalue weighted by Crippen LogP contribution is -2.44. The Bertz CT molecular complexity index is 803. The summed E-state index contributed by atoms with van der Waals surface area (Å²) in [7, 11) is -3.34.